The zero-order valence-corrected chi connectivity index (χ0v) is 7.66. The minimum Gasteiger partial charge on any atom is -0.372 e. The highest BCUT2D eigenvalue weighted by Crippen LogP contribution is 2.35. The summed E-state index contributed by atoms with van der Waals surface area (Å²) in [6, 6.07) is -0.921. The van der Waals surface area contributed by atoms with E-state index in [1.54, 1.807) is 0 Å². The first-order chi connectivity index (χ1) is 5.37. The Kier molecular flexibility index (Phi) is 4.41. The third-order valence-corrected chi connectivity index (χ3v) is 2.36. The van der Waals surface area contributed by atoms with E-state index >= 15 is 0 Å². The fourth-order valence-electron chi connectivity index (χ4n) is 0.584. The molecule has 0 rings (SSSR count). The van der Waals surface area contributed by atoms with E-state index in [1.165, 1.54) is 6.66 Å². The van der Waals surface area contributed by atoms with Gasteiger partial charge in [-0.05, 0) is 6.42 Å². The van der Waals surface area contributed by atoms with Crippen LogP contribution < -0.4 is 11.6 Å². The molecule has 12 heavy (non-hydrogen) atoms. The summed E-state index contributed by atoms with van der Waals surface area (Å²) in [5.41, 5.74) is 5.25. The Hall–Kier alpha value is -0.420. The average molecular weight is 196 g/mol. The predicted molar refractivity (Wildman–Crippen MR) is 43.5 cm³/mol. The minimum atomic E-state index is -3.10. The highest BCUT2D eigenvalue weighted by molar-refractivity contribution is 7.57. The normalized spacial score (nSPS) is 18.0. The number of hydrogen-bond donors (Lipinski definition) is 3. The van der Waals surface area contributed by atoms with Crippen LogP contribution in [0.4, 0.5) is 0 Å². The van der Waals surface area contributed by atoms with E-state index in [4.69, 9.17) is 10.6 Å². The molecule has 0 amide bonds. The Morgan fingerprint density at radius 1 is 1.75 bits per heavy atom. The van der Waals surface area contributed by atoms with Gasteiger partial charge in [0.05, 0.1) is 0 Å². The summed E-state index contributed by atoms with van der Waals surface area (Å²) < 4.78 is 10.7. The van der Waals surface area contributed by atoms with Crippen LogP contribution in [-0.2, 0) is 14.2 Å². The fourth-order valence-corrected chi connectivity index (χ4v) is 1.34. The molecular weight excluding hydrogens is 183 g/mol. The van der Waals surface area contributed by atoms with Gasteiger partial charge in [-0.25, -0.2) is 4.79 Å². The van der Waals surface area contributed by atoms with Crippen molar-refractivity contribution < 1.29 is 19.1 Å². The third-order valence-electron chi connectivity index (χ3n) is 1.27. The molecule has 0 aromatic rings. The Labute approximate surface area is 70.3 Å². The maximum atomic E-state index is 10.7. The van der Waals surface area contributed by atoms with E-state index < -0.39 is 19.4 Å². The van der Waals surface area contributed by atoms with Gasteiger partial charge in [0.25, 0.3) is 0 Å². The number of nitrogens with two attached hydrogens (primary N) is 2. The van der Waals surface area contributed by atoms with Crippen LogP contribution >= 0.6 is 7.37 Å². The second-order valence-corrected chi connectivity index (χ2v) is 5.16. The van der Waals surface area contributed by atoms with Crippen molar-refractivity contribution >= 4 is 13.3 Å². The van der Waals surface area contributed by atoms with Crippen molar-refractivity contribution in [1.82, 2.24) is 0 Å². The number of carbonyl (C=O) groups is 1. The van der Waals surface area contributed by atoms with Crippen LogP contribution in [0, 0.1) is 0 Å². The van der Waals surface area contributed by atoms with Crippen molar-refractivity contribution in [2.45, 2.75) is 12.5 Å². The first-order valence-corrected chi connectivity index (χ1v) is 5.61. The van der Waals surface area contributed by atoms with Crippen molar-refractivity contribution in [3.05, 3.63) is 0 Å². The lowest BCUT2D eigenvalue weighted by Gasteiger charge is -2.09. The zero-order chi connectivity index (χ0) is 9.78. The molecule has 0 aliphatic carbocycles. The smallest absolute Gasteiger partial charge is 0.341 e. The van der Waals surface area contributed by atoms with Crippen molar-refractivity contribution in [2.24, 2.45) is 11.6 Å². The van der Waals surface area contributed by atoms with E-state index in [2.05, 4.69) is 10.7 Å². The third kappa shape index (κ3) is 5.26. The summed E-state index contributed by atoms with van der Waals surface area (Å²) in [4.78, 5) is 23.3. The summed E-state index contributed by atoms with van der Waals surface area (Å²) in [7, 11) is -3.10. The van der Waals surface area contributed by atoms with Crippen LogP contribution in [0.2, 0.25) is 0 Å². The lowest BCUT2D eigenvalue weighted by atomic mass is 10.2. The second kappa shape index (κ2) is 4.57. The number of carbonyl (C=O) groups excluding carboxylic acids is 1. The van der Waals surface area contributed by atoms with Gasteiger partial charge >= 0.3 is 5.97 Å². The molecule has 72 valence electrons. The summed E-state index contributed by atoms with van der Waals surface area (Å²) >= 11 is 0. The van der Waals surface area contributed by atoms with Gasteiger partial charge < -0.3 is 15.5 Å². The van der Waals surface area contributed by atoms with Crippen LogP contribution in [0.1, 0.15) is 6.42 Å². The molecular formula is C5H13N2O4P. The van der Waals surface area contributed by atoms with E-state index in [0.29, 0.717) is 0 Å². The molecule has 0 aliphatic rings. The van der Waals surface area contributed by atoms with Crippen molar-refractivity contribution in [2.75, 3.05) is 12.8 Å². The second-order valence-electron chi connectivity index (χ2n) is 2.61. The molecule has 0 fully saturated rings. The molecule has 0 radical (unpaired) electrons. The summed E-state index contributed by atoms with van der Waals surface area (Å²) in [5, 5.41) is 0. The van der Waals surface area contributed by atoms with Gasteiger partial charge in [0.1, 0.15) is 6.04 Å². The number of rotatable bonds is 4. The molecule has 6 nitrogen and oxygen atoms in total. The van der Waals surface area contributed by atoms with Crippen molar-refractivity contribution in [3.8, 4) is 0 Å². The van der Waals surface area contributed by atoms with Crippen LogP contribution in [0.25, 0.3) is 0 Å². The lowest BCUT2D eigenvalue weighted by molar-refractivity contribution is -0.145. The topological polar surface area (TPSA) is 116 Å². The average Bonchev–Trinajstić information content (AvgIpc) is 1.97. The molecule has 0 spiro atoms. The van der Waals surface area contributed by atoms with Gasteiger partial charge in [0, 0.05) is 12.8 Å². The maximum Gasteiger partial charge on any atom is 0.341 e. The van der Waals surface area contributed by atoms with Gasteiger partial charge in [-0.15, -0.1) is 0 Å². The highest BCUT2D eigenvalue weighted by atomic mass is 31.2. The molecule has 7 heteroatoms. The molecule has 0 aliphatic heterocycles. The standard InChI is InChI=1S/C5H13N2O4P/c1-12(9,10)3-2-4(6)5(8)11-7/h4H,2-3,6-7H2,1H3,(H,9,10). The van der Waals surface area contributed by atoms with Gasteiger partial charge in [-0.1, -0.05) is 0 Å². The molecule has 2 atom stereocenters. The zero-order valence-electron chi connectivity index (χ0n) is 6.77. The summed E-state index contributed by atoms with van der Waals surface area (Å²) in [6.07, 6.45) is 0.0869. The predicted octanol–water partition coefficient (Wildman–Crippen LogP) is -0.979. The SMILES string of the molecule is CP(=O)(O)CCC(N)C(=O)ON. The minimum absolute atomic E-state index is 0.0106. The largest absolute Gasteiger partial charge is 0.372 e. The van der Waals surface area contributed by atoms with E-state index in [1.807, 2.05) is 0 Å². The first-order valence-electron chi connectivity index (χ1n) is 3.32. The lowest BCUT2D eigenvalue weighted by Crippen LogP contribution is -2.34. The van der Waals surface area contributed by atoms with Gasteiger partial charge in [0.2, 0.25) is 0 Å². The van der Waals surface area contributed by atoms with Crippen molar-refractivity contribution in [1.29, 1.82) is 0 Å². The van der Waals surface area contributed by atoms with Crippen molar-refractivity contribution in [3.63, 3.8) is 0 Å². The van der Waals surface area contributed by atoms with Gasteiger partial charge in [-0.2, -0.15) is 5.90 Å². The van der Waals surface area contributed by atoms with Gasteiger partial charge in [-0.3, -0.25) is 4.57 Å². The molecule has 0 saturated carbocycles. The number of hydrogen-bond acceptors (Lipinski definition) is 5. The van der Waals surface area contributed by atoms with Crippen LogP contribution in [-0.4, -0.2) is 29.7 Å². The van der Waals surface area contributed by atoms with E-state index in [-0.39, 0.29) is 12.6 Å². The Morgan fingerprint density at radius 3 is 2.58 bits per heavy atom. The molecule has 0 saturated heterocycles. The Balaban J connectivity index is 3.79. The molecule has 0 aromatic carbocycles. The molecule has 5 N–H and O–H groups in total. The molecule has 0 heterocycles. The maximum absolute atomic E-state index is 10.7. The van der Waals surface area contributed by atoms with E-state index in [0.717, 1.165) is 0 Å². The summed E-state index contributed by atoms with van der Waals surface area (Å²) in [5.74, 6) is 3.78. The summed E-state index contributed by atoms with van der Waals surface area (Å²) in [6.45, 7) is 1.20. The molecule has 0 aromatic heterocycles. The first kappa shape index (κ1) is 11.6. The van der Waals surface area contributed by atoms with Crippen LogP contribution in [0.3, 0.4) is 0 Å². The molecule has 2 unspecified atom stereocenters. The monoisotopic (exact) mass is 196 g/mol. The van der Waals surface area contributed by atoms with Crippen LogP contribution in [0.5, 0.6) is 0 Å². The van der Waals surface area contributed by atoms with Crippen LogP contribution in [0.15, 0.2) is 0 Å². The Morgan fingerprint density at radius 2 is 2.25 bits per heavy atom. The quantitative estimate of drug-likeness (QED) is 0.393. The Bertz CT molecular complexity index is 202. The molecule has 0 bridgehead atoms. The highest BCUT2D eigenvalue weighted by Gasteiger charge is 2.18. The fraction of sp³-hybridized carbons (Fsp3) is 0.800. The van der Waals surface area contributed by atoms with Gasteiger partial charge in [0.15, 0.2) is 7.37 Å². The van der Waals surface area contributed by atoms with E-state index in [9.17, 15) is 9.36 Å².